The van der Waals surface area contributed by atoms with Crippen LogP contribution in [-0.2, 0) is 25.9 Å². The summed E-state index contributed by atoms with van der Waals surface area (Å²) < 4.78 is 30.8. The number of hydrogen-bond acceptors (Lipinski definition) is 8. The number of hydrogen-bond donors (Lipinski definition) is 2. The van der Waals surface area contributed by atoms with Crippen LogP contribution < -0.4 is 10.6 Å². The van der Waals surface area contributed by atoms with Crippen molar-refractivity contribution >= 4 is 33.1 Å². The van der Waals surface area contributed by atoms with Crippen molar-refractivity contribution in [1.29, 1.82) is 0 Å². The summed E-state index contributed by atoms with van der Waals surface area (Å²) in [4.78, 5) is 20.0. The molecule has 0 radical (unpaired) electrons. The lowest BCUT2D eigenvalue weighted by Crippen LogP contribution is -2.09. The number of nitrogens with one attached hydrogen (secondary N) is 2. The smallest absolute Gasteiger partial charge is 0.222 e. The Morgan fingerprint density at radius 2 is 2.00 bits per heavy atom. The highest BCUT2D eigenvalue weighted by Gasteiger charge is 2.15. The molecular weight excluding hydrogens is 420 g/mol. The molecular formula is C20H24N6O4S. The van der Waals surface area contributed by atoms with Gasteiger partial charge in [0.05, 0.1) is 24.5 Å². The number of rotatable bonds is 8. The number of methoxy groups -OCH3 is 1. The highest BCUT2D eigenvalue weighted by atomic mass is 32.2. The zero-order chi connectivity index (χ0) is 22.6. The Kier molecular flexibility index (Phi) is 6.66. The number of aryl methyl sites for hydroxylation is 1. The van der Waals surface area contributed by atoms with Gasteiger partial charge in [0.25, 0.3) is 0 Å². The lowest BCUT2D eigenvalue weighted by atomic mass is 10.1. The maximum Gasteiger partial charge on any atom is 0.222 e. The second-order valence-corrected chi connectivity index (χ2v) is 8.98. The van der Waals surface area contributed by atoms with Gasteiger partial charge in [0.1, 0.15) is 11.6 Å². The van der Waals surface area contributed by atoms with Gasteiger partial charge in [-0.3, -0.25) is 9.48 Å². The molecule has 3 heterocycles. The van der Waals surface area contributed by atoms with Crippen LogP contribution in [0.4, 0.5) is 17.3 Å². The van der Waals surface area contributed by atoms with Crippen molar-refractivity contribution in [2.45, 2.75) is 25.4 Å². The van der Waals surface area contributed by atoms with Crippen LogP contribution in [0.3, 0.4) is 0 Å². The SMILES string of the molecule is COCCn1ccc(-c2cnc(NC(C)=O)cc2Nc2cc(C)cc(S(C)(=O)=O)n2)n1. The Morgan fingerprint density at radius 1 is 1.23 bits per heavy atom. The van der Waals surface area contributed by atoms with Gasteiger partial charge in [0, 0.05) is 44.3 Å². The summed E-state index contributed by atoms with van der Waals surface area (Å²) in [6.07, 6.45) is 4.52. The summed E-state index contributed by atoms with van der Waals surface area (Å²) in [6, 6.07) is 6.72. The molecule has 0 bridgehead atoms. The third-order valence-electron chi connectivity index (χ3n) is 4.24. The first-order valence-corrected chi connectivity index (χ1v) is 11.3. The van der Waals surface area contributed by atoms with Crippen molar-refractivity contribution in [1.82, 2.24) is 19.7 Å². The summed E-state index contributed by atoms with van der Waals surface area (Å²) in [5.41, 5.74) is 2.61. The van der Waals surface area contributed by atoms with Crippen molar-refractivity contribution in [2.24, 2.45) is 0 Å². The second-order valence-electron chi connectivity index (χ2n) is 7.02. The molecule has 0 atom stereocenters. The van der Waals surface area contributed by atoms with Crippen molar-refractivity contribution in [3.8, 4) is 11.3 Å². The van der Waals surface area contributed by atoms with Gasteiger partial charge in [-0.2, -0.15) is 5.10 Å². The fourth-order valence-electron chi connectivity index (χ4n) is 2.85. The maximum atomic E-state index is 12.0. The van der Waals surface area contributed by atoms with Crippen LogP contribution in [0.15, 0.2) is 41.7 Å². The van der Waals surface area contributed by atoms with E-state index in [4.69, 9.17) is 4.74 Å². The Morgan fingerprint density at radius 3 is 2.68 bits per heavy atom. The fourth-order valence-corrected chi connectivity index (χ4v) is 3.52. The molecule has 2 N–H and O–H groups in total. The average molecular weight is 445 g/mol. The van der Waals surface area contributed by atoms with Crippen LogP contribution in [0.1, 0.15) is 12.5 Å². The zero-order valence-corrected chi connectivity index (χ0v) is 18.5. The van der Waals surface area contributed by atoms with E-state index >= 15 is 0 Å². The van der Waals surface area contributed by atoms with Crippen LogP contribution in [-0.4, -0.2) is 54.0 Å². The fraction of sp³-hybridized carbons (Fsp3) is 0.300. The number of nitrogens with zero attached hydrogens (tertiary/aromatic N) is 4. The number of anilines is 3. The first kappa shape index (κ1) is 22.4. The summed E-state index contributed by atoms with van der Waals surface area (Å²) in [7, 11) is -1.86. The molecule has 3 aromatic heterocycles. The van der Waals surface area contributed by atoms with Crippen LogP contribution >= 0.6 is 0 Å². The van der Waals surface area contributed by atoms with Gasteiger partial charge in [0.2, 0.25) is 5.91 Å². The minimum absolute atomic E-state index is 0.0310. The van der Waals surface area contributed by atoms with Gasteiger partial charge in [-0.15, -0.1) is 0 Å². The molecule has 0 aliphatic heterocycles. The molecule has 164 valence electrons. The molecule has 11 heteroatoms. The number of ether oxygens (including phenoxy) is 1. The zero-order valence-electron chi connectivity index (χ0n) is 17.7. The summed E-state index contributed by atoms with van der Waals surface area (Å²) in [5.74, 6) is 0.428. The Bertz CT molecular complexity index is 1210. The molecule has 0 saturated heterocycles. The van der Waals surface area contributed by atoms with Gasteiger partial charge in [0.15, 0.2) is 14.9 Å². The maximum absolute atomic E-state index is 12.0. The predicted octanol–water partition coefficient (Wildman–Crippen LogP) is 2.40. The van der Waals surface area contributed by atoms with E-state index in [1.807, 2.05) is 12.3 Å². The third kappa shape index (κ3) is 5.86. The van der Waals surface area contributed by atoms with E-state index in [1.54, 1.807) is 37.0 Å². The number of carbonyl (C=O) groups excluding carboxylic acids is 1. The average Bonchev–Trinajstić information content (AvgIpc) is 3.13. The van der Waals surface area contributed by atoms with Crippen molar-refractivity contribution in [3.05, 3.63) is 42.2 Å². The van der Waals surface area contributed by atoms with Gasteiger partial charge in [-0.05, 0) is 30.7 Å². The molecule has 1 amide bonds. The highest BCUT2D eigenvalue weighted by molar-refractivity contribution is 7.90. The minimum atomic E-state index is -3.48. The van der Waals surface area contributed by atoms with Crippen molar-refractivity contribution in [3.63, 3.8) is 0 Å². The molecule has 10 nitrogen and oxygen atoms in total. The summed E-state index contributed by atoms with van der Waals surface area (Å²) in [6.45, 7) is 4.29. The van der Waals surface area contributed by atoms with E-state index in [9.17, 15) is 13.2 Å². The molecule has 0 unspecified atom stereocenters. The number of aromatic nitrogens is 4. The lowest BCUT2D eigenvalue weighted by molar-refractivity contribution is -0.114. The van der Waals surface area contributed by atoms with Crippen LogP contribution in [0.25, 0.3) is 11.3 Å². The monoisotopic (exact) mass is 444 g/mol. The molecule has 0 aliphatic rings. The van der Waals surface area contributed by atoms with Crippen LogP contribution in [0.5, 0.6) is 0 Å². The summed E-state index contributed by atoms with van der Waals surface area (Å²) >= 11 is 0. The Labute approximate surface area is 180 Å². The molecule has 31 heavy (non-hydrogen) atoms. The topological polar surface area (TPSA) is 128 Å². The van der Waals surface area contributed by atoms with E-state index in [0.29, 0.717) is 41.7 Å². The van der Waals surface area contributed by atoms with Crippen molar-refractivity contribution < 1.29 is 17.9 Å². The van der Waals surface area contributed by atoms with E-state index in [2.05, 4.69) is 25.7 Å². The van der Waals surface area contributed by atoms with Crippen molar-refractivity contribution in [2.75, 3.05) is 30.6 Å². The van der Waals surface area contributed by atoms with Crippen LogP contribution in [0.2, 0.25) is 0 Å². The van der Waals surface area contributed by atoms with Crippen LogP contribution in [0, 0.1) is 6.92 Å². The molecule has 0 spiro atoms. The van der Waals surface area contributed by atoms with Gasteiger partial charge >= 0.3 is 0 Å². The number of pyridine rings is 2. The minimum Gasteiger partial charge on any atom is -0.383 e. The molecule has 3 aromatic rings. The quantitative estimate of drug-likeness (QED) is 0.542. The summed E-state index contributed by atoms with van der Waals surface area (Å²) in [5, 5.41) is 10.3. The number of carbonyl (C=O) groups is 1. The molecule has 0 fully saturated rings. The molecule has 0 saturated carbocycles. The predicted molar refractivity (Wildman–Crippen MR) is 117 cm³/mol. The normalized spacial score (nSPS) is 11.4. The first-order chi connectivity index (χ1) is 14.7. The second kappa shape index (κ2) is 9.23. The Hall–Kier alpha value is -3.31. The number of amides is 1. The third-order valence-corrected chi connectivity index (χ3v) is 5.21. The van der Waals surface area contributed by atoms with E-state index in [1.165, 1.54) is 13.0 Å². The van der Waals surface area contributed by atoms with Gasteiger partial charge in [-0.25, -0.2) is 18.4 Å². The molecule has 0 aliphatic carbocycles. The first-order valence-electron chi connectivity index (χ1n) is 9.42. The van der Waals surface area contributed by atoms with E-state index < -0.39 is 9.84 Å². The van der Waals surface area contributed by atoms with E-state index in [-0.39, 0.29) is 10.9 Å². The molecule has 3 rings (SSSR count). The largest absolute Gasteiger partial charge is 0.383 e. The highest BCUT2D eigenvalue weighted by Crippen LogP contribution is 2.31. The van der Waals surface area contributed by atoms with E-state index in [0.717, 1.165) is 11.8 Å². The molecule has 0 aromatic carbocycles. The standard InChI is InChI=1S/C20H24N6O4S/c1-13-9-19(24-20(10-13)31(4,28)29)23-17-11-18(22-14(2)27)21-12-15(17)16-5-6-26(25-16)7-8-30-3/h5-6,9-12H,7-8H2,1-4H3,(H2,21,22,23,24,27). The lowest BCUT2D eigenvalue weighted by Gasteiger charge is -2.13. The van der Waals surface area contributed by atoms with Gasteiger partial charge in [-0.1, -0.05) is 0 Å². The Balaban J connectivity index is 2.03. The number of sulfone groups is 1. The van der Waals surface area contributed by atoms with Gasteiger partial charge < -0.3 is 15.4 Å².